The third-order valence-corrected chi connectivity index (χ3v) is 3.74. The lowest BCUT2D eigenvalue weighted by molar-refractivity contribution is 0.0848. The first-order valence-electron chi connectivity index (χ1n) is 6.50. The van der Waals surface area contributed by atoms with E-state index in [0.717, 1.165) is 17.0 Å². The van der Waals surface area contributed by atoms with Crippen molar-refractivity contribution >= 4 is 23.4 Å². The number of carbonyl (C=O) groups excluding carboxylic acids is 2. The average molecular weight is 306 g/mol. The minimum atomic E-state index is -0.382. The molecule has 0 aliphatic rings. The highest BCUT2D eigenvalue weighted by Gasteiger charge is 2.16. The SMILES string of the molecule is Cc1nn(C(=O)CNC(=O)c2ccccc2Cl)c(C)c1C. The van der Waals surface area contributed by atoms with Gasteiger partial charge in [0.05, 0.1) is 22.8 Å². The summed E-state index contributed by atoms with van der Waals surface area (Å²) < 4.78 is 1.32. The molecule has 5 nitrogen and oxygen atoms in total. The highest BCUT2D eigenvalue weighted by atomic mass is 35.5. The fraction of sp³-hybridized carbons (Fsp3) is 0.267. The molecular weight excluding hydrogens is 290 g/mol. The minimum absolute atomic E-state index is 0.133. The topological polar surface area (TPSA) is 64.0 Å². The van der Waals surface area contributed by atoms with Gasteiger partial charge in [-0.3, -0.25) is 9.59 Å². The van der Waals surface area contributed by atoms with Crippen molar-refractivity contribution in [3.8, 4) is 0 Å². The lowest BCUT2D eigenvalue weighted by atomic mass is 10.2. The fourth-order valence-corrected chi connectivity index (χ4v) is 2.16. The number of nitrogens with zero attached hydrogens (tertiary/aromatic N) is 2. The lowest BCUT2D eigenvalue weighted by Crippen LogP contribution is -2.33. The number of hydrogen-bond acceptors (Lipinski definition) is 3. The Morgan fingerprint density at radius 2 is 1.90 bits per heavy atom. The van der Waals surface area contributed by atoms with Crippen molar-refractivity contribution in [2.24, 2.45) is 0 Å². The first-order chi connectivity index (χ1) is 9.91. The van der Waals surface area contributed by atoms with Crippen molar-refractivity contribution in [3.05, 3.63) is 51.8 Å². The highest BCUT2D eigenvalue weighted by molar-refractivity contribution is 6.33. The number of nitrogens with one attached hydrogen (secondary N) is 1. The Morgan fingerprint density at radius 3 is 2.48 bits per heavy atom. The van der Waals surface area contributed by atoms with Gasteiger partial charge in [0.1, 0.15) is 0 Å². The van der Waals surface area contributed by atoms with Gasteiger partial charge in [-0.2, -0.15) is 5.10 Å². The van der Waals surface area contributed by atoms with Crippen molar-refractivity contribution in [2.75, 3.05) is 6.54 Å². The largest absolute Gasteiger partial charge is 0.343 e. The zero-order valence-electron chi connectivity index (χ0n) is 12.1. The summed E-state index contributed by atoms with van der Waals surface area (Å²) in [5.74, 6) is -0.670. The molecule has 1 amide bonds. The summed E-state index contributed by atoms with van der Waals surface area (Å²) in [6.07, 6.45) is 0. The normalized spacial score (nSPS) is 10.5. The van der Waals surface area contributed by atoms with Crippen molar-refractivity contribution < 1.29 is 9.59 Å². The van der Waals surface area contributed by atoms with Gasteiger partial charge in [-0.05, 0) is 38.5 Å². The van der Waals surface area contributed by atoms with Gasteiger partial charge in [0.25, 0.3) is 11.8 Å². The van der Waals surface area contributed by atoms with E-state index in [2.05, 4.69) is 10.4 Å². The number of carbonyl (C=O) groups is 2. The van der Waals surface area contributed by atoms with Crippen LogP contribution in [0.2, 0.25) is 5.02 Å². The van der Waals surface area contributed by atoms with Crippen LogP contribution in [-0.4, -0.2) is 28.1 Å². The molecule has 2 aromatic rings. The average Bonchev–Trinajstić information content (AvgIpc) is 2.72. The Labute approximate surface area is 127 Å². The number of benzene rings is 1. The van der Waals surface area contributed by atoms with Gasteiger partial charge in [0.2, 0.25) is 0 Å². The smallest absolute Gasteiger partial charge is 0.266 e. The van der Waals surface area contributed by atoms with Crippen molar-refractivity contribution in [1.82, 2.24) is 15.1 Å². The lowest BCUT2D eigenvalue weighted by Gasteiger charge is -2.07. The number of halogens is 1. The summed E-state index contributed by atoms with van der Waals surface area (Å²) in [4.78, 5) is 24.1. The predicted molar refractivity (Wildman–Crippen MR) is 80.8 cm³/mol. The molecule has 0 saturated heterocycles. The predicted octanol–water partition coefficient (Wildman–Crippen LogP) is 2.53. The summed E-state index contributed by atoms with van der Waals surface area (Å²) in [6.45, 7) is 5.44. The van der Waals surface area contributed by atoms with Crippen LogP contribution < -0.4 is 5.32 Å². The molecule has 1 heterocycles. The molecule has 1 aromatic heterocycles. The Morgan fingerprint density at radius 1 is 1.24 bits per heavy atom. The second-order valence-corrected chi connectivity index (χ2v) is 5.17. The van der Waals surface area contributed by atoms with Crippen LogP contribution in [0.4, 0.5) is 0 Å². The molecule has 6 heteroatoms. The van der Waals surface area contributed by atoms with E-state index in [-0.39, 0.29) is 18.4 Å². The first kappa shape index (κ1) is 15.3. The van der Waals surface area contributed by atoms with Gasteiger partial charge < -0.3 is 5.32 Å². The highest BCUT2D eigenvalue weighted by Crippen LogP contribution is 2.14. The van der Waals surface area contributed by atoms with E-state index in [9.17, 15) is 9.59 Å². The summed E-state index contributed by atoms with van der Waals surface area (Å²) >= 11 is 5.94. The third-order valence-electron chi connectivity index (χ3n) is 3.41. The van der Waals surface area contributed by atoms with Crippen LogP contribution in [0.5, 0.6) is 0 Å². The van der Waals surface area contributed by atoms with Crippen LogP contribution in [0.25, 0.3) is 0 Å². The van der Waals surface area contributed by atoms with Gasteiger partial charge >= 0.3 is 0 Å². The molecule has 0 bridgehead atoms. The number of aryl methyl sites for hydroxylation is 1. The number of aromatic nitrogens is 2. The maximum Gasteiger partial charge on any atom is 0.266 e. The van der Waals surface area contributed by atoms with Crippen LogP contribution in [-0.2, 0) is 0 Å². The molecule has 1 N–H and O–H groups in total. The molecule has 1 aromatic carbocycles. The summed E-state index contributed by atoms with van der Waals surface area (Å²) in [6, 6.07) is 6.69. The molecule has 0 radical (unpaired) electrons. The molecule has 0 atom stereocenters. The van der Waals surface area contributed by atoms with Crippen LogP contribution >= 0.6 is 11.6 Å². The van der Waals surface area contributed by atoms with Crippen LogP contribution in [0.15, 0.2) is 24.3 Å². The number of rotatable bonds is 3. The van der Waals surface area contributed by atoms with Gasteiger partial charge in [-0.15, -0.1) is 0 Å². The van der Waals surface area contributed by atoms with Crippen molar-refractivity contribution in [3.63, 3.8) is 0 Å². The molecule has 0 spiro atoms. The molecule has 21 heavy (non-hydrogen) atoms. The second kappa shape index (κ2) is 6.10. The molecule has 0 fully saturated rings. The van der Waals surface area contributed by atoms with Crippen molar-refractivity contribution in [2.45, 2.75) is 20.8 Å². The second-order valence-electron chi connectivity index (χ2n) is 4.76. The van der Waals surface area contributed by atoms with E-state index in [1.54, 1.807) is 24.3 Å². The minimum Gasteiger partial charge on any atom is -0.343 e. The van der Waals surface area contributed by atoms with Crippen LogP contribution in [0.3, 0.4) is 0 Å². The Bertz CT molecular complexity index is 707. The molecule has 2 rings (SSSR count). The molecule has 110 valence electrons. The summed E-state index contributed by atoms with van der Waals surface area (Å²) in [7, 11) is 0. The first-order valence-corrected chi connectivity index (χ1v) is 6.88. The molecular formula is C15H16ClN3O2. The van der Waals surface area contributed by atoms with Gasteiger partial charge in [0.15, 0.2) is 0 Å². The van der Waals surface area contributed by atoms with Crippen LogP contribution in [0.1, 0.15) is 32.1 Å². The van der Waals surface area contributed by atoms with E-state index in [4.69, 9.17) is 11.6 Å². The van der Waals surface area contributed by atoms with E-state index in [1.807, 2.05) is 20.8 Å². The number of amides is 1. The van der Waals surface area contributed by atoms with Gasteiger partial charge in [-0.25, -0.2) is 4.68 Å². The maximum atomic E-state index is 12.1. The molecule has 0 saturated carbocycles. The van der Waals surface area contributed by atoms with E-state index < -0.39 is 0 Å². The zero-order chi connectivity index (χ0) is 15.6. The standard InChI is InChI=1S/C15H16ClN3O2/c1-9-10(2)18-19(11(9)3)14(20)8-17-15(21)12-6-4-5-7-13(12)16/h4-7H,8H2,1-3H3,(H,17,21). The summed E-state index contributed by atoms with van der Waals surface area (Å²) in [5, 5.41) is 7.08. The van der Waals surface area contributed by atoms with Gasteiger partial charge in [-0.1, -0.05) is 23.7 Å². The fourth-order valence-electron chi connectivity index (χ4n) is 1.93. The third kappa shape index (κ3) is 3.13. The molecule has 0 aliphatic carbocycles. The van der Waals surface area contributed by atoms with Gasteiger partial charge in [0, 0.05) is 5.69 Å². The Balaban J connectivity index is 2.06. The van der Waals surface area contributed by atoms with E-state index >= 15 is 0 Å². The Hall–Kier alpha value is -2.14. The van der Waals surface area contributed by atoms with E-state index in [1.165, 1.54) is 4.68 Å². The quantitative estimate of drug-likeness (QED) is 0.947. The Kier molecular flexibility index (Phi) is 4.43. The molecule has 0 unspecified atom stereocenters. The van der Waals surface area contributed by atoms with E-state index in [0.29, 0.717) is 10.6 Å². The number of hydrogen-bond donors (Lipinski definition) is 1. The summed E-state index contributed by atoms with van der Waals surface area (Å²) in [5.41, 5.74) is 2.90. The maximum absolute atomic E-state index is 12.1. The zero-order valence-corrected chi connectivity index (χ0v) is 12.9. The van der Waals surface area contributed by atoms with Crippen molar-refractivity contribution in [1.29, 1.82) is 0 Å². The molecule has 0 aliphatic heterocycles. The monoisotopic (exact) mass is 305 g/mol. The van der Waals surface area contributed by atoms with Crippen LogP contribution in [0, 0.1) is 20.8 Å².